The maximum absolute atomic E-state index is 12.4. The van der Waals surface area contributed by atoms with Crippen molar-refractivity contribution in [1.82, 2.24) is 0 Å². The Morgan fingerprint density at radius 1 is 1.22 bits per heavy atom. The number of rotatable bonds is 1. The van der Waals surface area contributed by atoms with Crippen molar-refractivity contribution < 1.29 is 27.5 Å². The van der Waals surface area contributed by atoms with E-state index >= 15 is 0 Å². The van der Waals surface area contributed by atoms with Gasteiger partial charge in [-0.25, -0.2) is 9.59 Å². The predicted octanol–water partition coefficient (Wildman–Crippen LogP) is 2.51. The maximum Gasteiger partial charge on any atom is 0.416 e. The van der Waals surface area contributed by atoms with Crippen LogP contribution in [-0.4, -0.2) is 11.1 Å². The van der Waals surface area contributed by atoms with Crippen LogP contribution < -0.4 is 5.63 Å². The van der Waals surface area contributed by atoms with Gasteiger partial charge in [0.1, 0.15) is 11.1 Å². The Morgan fingerprint density at radius 3 is 2.44 bits per heavy atom. The minimum Gasteiger partial charge on any atom is -0.477 e. The fourth-order valence-corrected chi connectivity index (χ4v) is 1.44. The van der Waals surface area contributed by atoms with Crippen LogP contribution in [-0.2, 0) is 6.18 Å². The van der Waals surface area contributed by atoms with Crippen molar-refractivity contribution in [3.63, 3.8) is 0 Å². The number of carboxylic acid groups (broad SMARTS) is 1. The molecule has 0 atom stereocenters. The number of halogens is 3. The zero-order valence-electron chi connectivity index (χ0n) is 8.62. The summed E-state index contributed by atoms with van der Waals surface area (Å²) >= 11 is 0. The number of benzene rings is 1. The Morgan fingerprint density at radius 2 is 1.89 bits per heavy atom. The van der Waals surface area contributed by atoms with Crippen LogP contribution >= 0.6 is 0 Å². The smallest absolute Gasteiger partial charge is 0.416 e. The van der Waals surface area contributed by atoms with Crippen molar-refractivity contribution in [1.29, 1.82) is 0 Å². The second-order valence-electron chi connectivity index (χ2n) is 3.50. The lowest BCUT2D eigenvalue weighted by atomic mass is 10.1. The molecule has 0 unspecified atom stereocenters. The lowest BCUT2D eigenvalue weighted by Gasteiger charge is -2.06. The summed E-state index contributed by atoms with van der Waals surface area (Å²) in [5.74, 6) is -1.49. The zero-order valence-corrected chi connectivity index (χ0v) is 8.62. The molecule has 0 bridgehead atoms. The minimum absolute atomic E-state index is 0.111. The molecule has 0 aliphatic rings. The van der Waals surface area contributed by atoms with Crippen molar-refractivity contribution in [2.75, 3.05) is 0 Å². The molecule has 0 saturated carbocycles. The third-order valence-corrected chi connectivity index (χ3v) is 2.29. The molecule has 2 rings (SSSR count). The molecule has 1 aromatic heterocycles. The van der Waals surface area contributed by atoms with Gasteiger partial charge in [0.2, 0.25) is 0 Å². The number of alkyl halides is 3. The van der Waals surface area contributed by atoms with Crippen LogP contribution in [0.15, 0.2) is 33.5 Å². The van der Waals surface area contributed by atoms with E-state index in [4.69, 9.17) is 5.11 Å². The Balaban J connectivity index is 2.71. The Bertz CT molecular complexity index is 685. The van der Waals surface area contributed by atoms with Crippen LogP contribution in [0.1, 0.15) is 15.9 Å². The maximum atomic E-state index is 12.4. The molecule has 0 aliphatic heterocycles. The van der Waals surface area contributed by atoms with Crippen molar-refractivity contribution in [2.45, 2.75) is 6.18 Å². The van der Waals surface area contributed by atoms with Crippen LogP contribution in [0.3, 0.4) is 0 Å². The SMILES string of the molecule is O=C(O)c1cc2ccc(C(F)(F)F)cc2oc1=O. The molecule has 7 heteroatoms. The summed E-state index contributed by atoms with van der Waals surface area (Å²) in [6.45, 7) is 0. The molecule has 1 heterocycles. The van der Waals surface area contributed by atoms with Crippen molar-refractivity contribution in [2.24, 2.45) is 0 Å². The predicted molar refractivity (Wildman–Crippen MR) is 54.4 cm³/mol. The highest BCUT2D eigenvalue weighted by Gasteiger charge is 2.30. The molecule has 0 amide bonds. The first-order valence-corrected chi connectivity index (χ1v) is 4.67. The highest BCUT2D eigenvalue weighted by molar-refractivity contribution is 5.91. The van der Waals surface area contributed by atoms with Crippen LogP contribution in [0.5, 0.6) is 0 Å². The first-order chi connectivity index (χ1) is 8.29. The van der Waals surface area contributed by atoms with E-state index in [1.165, 1.54) is 0 Å². The molecule has 2 aromatic rings. The van der Waals surface area contributed by atoms with Gasteiger partial charge in [-0.1, -0.05) is 6.07 Å². The van der Waals surface area contributed by atoms with Gasteiger partial charge in [0.05, 0.1) is 5.56 Å². The van der Waals surface area contributed by atoms with E-state index in [0.717, 1.165) is 18.2 Å². The van der Waals surface area contributed by atoms with Gasteiger partial charge in [0, 0.05) is 5.39 Å². The fourth-order valence-electron chi connectivity index (χ4n) is 1.44. The first kappa shape index (κ1) is 12.2. The van der Waals surface area contributed by atoms with Gasteiger partial charge in [0.25, 0.3) is 0 Å². The lowest BCUT2D eigenvalue weighted by Crippen LogP contribution is -2.13. The van der Waals surface area contributed by atoms with Gasteiger partial charge >= 0.3 is 17.8 Å². The van der Waals surface area contributed by atoms with E-state index in [1.807, 2.05) is 0 Å². The molecule has 0 spiro atoms. The van der Waals surface area contributed by atoms with E-state index in [9.17, 15) is 22.8 Å². The molecular formula is C11H5F3O4. The van der Waals surface area contributed by atoms with E-state index in [1.54, 1.807) is 0 Å². The normalized spacial score (nSPS) is 11.7. The Labute approximate surface area is 97.3 Å². The molecule has 1 N–H and O–H groups in total. The van der Waals surface area contributed by atoms with Crippen LogP contribution in [0, 0.1) is 0 Å². The molecule has 0 radical (unpaired) electrons. The largest absolute Gasteiger partial charge is 0.477 e. The van der Waals surface area contributed by atoms with Crippen LogP contribution in [0.2, 0.25) is 0 Å². The quantitative estimate of drug-likeness (QED) is 0.798. The third-order valence-electron chi connectivity index (χ3n) is 2.29. The Hall–Kier alpha value is -2.31. The minimum atomic E-state index is -4.56. The topological polar surface area (TPSA) is 67.5 Å². The van der Waals surface area contributed by atoms with Crippen molar-refractivity contribution in [3.05, 3.63) is 45.8 Å². The van der Waals surface area contributed by atoms with Crippen LogP contribution in [0.25, 0.3) is 11.0 Å². The lowest BCUT2D eigenvalue weighted by molar-refractivity contribution is -0.137. The van der Waals surface area contributed by atoms with E-state index in [2.05, 4.69) is 4.42 Å². The standard InChI is InChI=1S/C11H5F3O4/c12-11(13,14)6-2-1-5-3-7(9(15)16)10(17)18-8(5)4-6/h1-4H,(H,15,16). The second-order valence-corrected chi connectivity index (χ2v) is 3.50. The number of carboxylic acids is 1. The number of aromatic carboxylic acids is 1. The fraction of sp³-hybridized carbons (Fsp3) is 0.0909. The zero-order chi connectivity index (χ0) is 13.5. The molecular weight excluding hydrogens is 253 g/mol. The number of fused-ring (bicyclic) bond motifs is 1. The molecule has 4 nitrogen and oxygen atoms in total. The molecule has 18 heavy (non-hydrogen) atoms. The molecule has 94 valence electrons. The summed E-state index contributed by atoms with van der Waals surface area (Å²) in [4.78, 5) is 21.9. The molecule has 0 aliphatic carbocycles. The first-order valence-electron chi connectivity index (χ1n) is 4.67. The molecule has 1 aromatic carbocycles. The van der Waals surface area contributed by atoms with Gasteiger partial charge in [-0.15, -0.1) is 0 Å². The summed E-state index contributed by atoms with van der Waals surface area (Å²) in [6, 6.07) is 3.47. The van der Waals surface area contributed by atoms with E-state index in [-0.39, 0.29) is 11.0 Å². The average molecular weight is 258 g/mol. The molecule has 0 saturated heterocycles. The van der Waals surface area contributed by atoms with E-state index < -0.39 is 28.9 Å². The van der Waals surface area contributed by atoms with Gasteiger partial charge in [-0.2, -0.15) is 13.2 Å². The van der Waals surface area contributed by atoms with E-state index in [0.29, 0.717) is 6.07 Å². The summed E-state index contributed by atoms with van der Waals surface area (Å²) < 4.78 is 41.8. The summed E-state index contributed by atoms with van der Waals surface area (Å²) in [7, 11) is 0. The third kappa shape index (κ3) is 2.06. The van der Waals surface area contributed by atoms with Gasteiger partial charge in [-0.05, 0) is 18.2 Å². The van der Waals surface area contributed by atoms with Crippen molar-refractivity contribution >= 4 is 16.9 Å². The summed E-state index contributed by atoms with van der Waals surface area (Å²) in [5.41, 5.74) is -3.09. The Kier molecular flexibility index (Phi) is 2.61. The summed E-state index contributed by atoms with van der Waals surface area (Å²) in [5, 5.41) is 8.78. The monoisotopic (exact) mass is 258 g/mol. The highest BCUT2D eigenvalue weighted by Crippen LogP contribution is 2.31. The number of carbonyl (C=O) groups is 1. The summed E-state index contributed by atoms with van der Waals surface area (Å²) in [6.07, 6.45) is -4.56. The van der Waals surface area contributed by atoms with Crippen molar-refractivity contribution in [3.8, 4) is 0 Å². The average Bonchev–Trinajstić information content (AvgIpc) is 2.25. The van der Waals surface area contributed by atoms with Gasteiger partial charge < -0.3 is 9.52 Å². The second kappa shape index (κ2) is 3.86. The highest BCUT2D eigenvalue weighted by atomic mass is 19.4. The van der Waals surface area contributed by atoms with Gasteiger partial charge in [0.15, 0.2) is 0 Å². The number of hydrogen-bond acceptors (Lipinski definition) is 3. The molecule has 0 fully saturated rings. The number of hydrogen-bond donors (Lipinski definition) is 1. The van der Waals surface area contributed by atoms with Gasteiger partial charge in [-0.3, -0.25) is 0 Å². The van der Waals surface area contributed by atoms with Crippen LogP contribution in [0.4, 0.5) is 13.2 Å².